The summed E-state index contributed by atoms with van der Waals surface area (Å²) in [5.41, 5.74) is 11.8. The molecule has 4 rings (SSSR count). The van der Waals surface area contributed by atoms with Crippen LogP contribution in [-0.2, 0) is 34.0 Å². The van der Waals surface area contributed by atoms with Gasteiger partial charge in [-0.05, 0) is 40.4 Å². The van der Waals surface area contributed by atoms with Gasteiger partial charge in [-0.2, -0.15) is 0 Å². The van der Waals surface area contributed by atoms with Crippen LogP contribution in [0.25, 0.3) is 10.4 Å². The summed E-state index contributed by atoms with van der Waals surface area (Å²) >= 11 is 0. The Labute approximate surface area is 272 Å². The molecule has 0 spiro atoms. The van der Waals surface area contributed by atoms with Crippen LogP contribution in [0.2, 0.25) is 0 Å². The lowest BCUT2D eigenvalue weighted by atomic mass is 10.0. The van der Waals surface area contributed by atoms with Gasteiger partial charge in [0.1, 0.15) is 24.4 Å². The molecule has 2 atom stereocenters. The molecule has 47 heavy (non-hydrogen) atoms. The van der Waals surface area contributed by atoms with E-state index in [1.165, 1.54) is 12.1 Å². The van der Waals surface area contributed by atoms with Crippen molar-refractivity contribution in [2.24, 2.45) is 5.11 Å². The number of nitrogens with one attached hydrogen (secondary N) is 3. The first kappa shape index (κ1) is 33.8. The third-order valence-corrected chi connectivity index (χ3v) is 6.93. The molecule has 0 aliphatic carbocycles. The van der Waals surface area contributed by atoms with Gasteiger partial charge in [-0.15, -0.1) is 6.42 Å². The zero-order chi connectivity index (χ0) is 33.3. The Morgan fingerprint density at radius 1 is 0.766 bits per heavy atom. The van der Waals surface area contributed by atoms with Gasteiger partial charge in [0.2, 0.25) is 11.8 Å². The molecule has 0 unspecified atom stereocenters. The number of nitrogens with zero attached hydrogens (tertiary/aromatic N) is 3. The van der Waals surface area contributed by atoms with Crippen molar-refractivity contribution in [1.82, 2.24) is 16.0 Å². The minimum atomic E-state index is -1.13. The van der Waals surface area contributed by atoms with Gasteiger partial charge >= 0.3 is 0 Å². The van der Waals surface area contributed by atoms with E-state index in [0.29, 0.717) is 12.4 Å². The second-order valence-electron chi connectivity index (χ2n) is 10.3. The van der Waals surface area contributed by atoms with Crippen LogP contribution in [0.3, 0.4) is 0 Å². The fraction of sp³-hybridized carbons (Fsp3) is 0.194. The number of hydrogen-bond donors (Lipinski definition) is 3. The first-order valence-electron chi connectivity index (χ1n) is 14.8. The number of terminal acetylenes is 1. The van der Waals surface area contributed by atoms with E-state index in [-0.39, 0.29) is 37.4 Å². The summed E-state index contributed by atoms with van der Waals surface area (Å²) in [5, 5.41) is 11.6. The Morgan fingerprint density at radius 2 is 1.40 bits per heavy atom. The van der Waals surface area contributed by atoms with Gasteiger partial charge in [0, 0.05) is 16.9 Å². The first-order valence-corrected chi connectivity index (χ1v) is 14.8. The van der Waals surface area contributed by atoms with Crippen LogP contribution >= 0.6 is 0 Å². The third-order valence-electron chi connectivity index (χ3n) is 6.93. The number of carbonyl (C=O) groups excluding carboxylic acids is 3. The van der Waals surface area contributed by atoms with Crippen LogP contribution in [0.5, 0.6) is 5.75 Å². The van der Waals surface area contributed by atoms with Gasteiger partial charge in [-0.3, -0.25) is 14.4 Å². The summed E-state index contributed by atoms with van der Waals surface area (Å²) in [7, 11) is 0. The molecule has 3 N–H and O–H groups in total. The predicted molar refractivity (Wildman–Crippen MR) is 177 cm³/mol. The lowest BCUT2D eigenvalue weighted by Crippen LogP contribution is -2.56. The molecular formula is C36H34N6O5. The number of azide groups is 1. The Balaban J connectivity index is 1.51. The second-order valence-corrected chi connectivity index (χ2v) is 10.3. The Hall–Kier alpha value is -6.08. The molecule has 238 valence electrons. The predicted octanol–water partition coefficient (Wildman–Crippen LogP) is 5.00. The van der Waals surface area contributed by atoms with Gasteiger partial charge in [-0.1, -0.05) is 102 Å². The molecule has 0 saturated heterocycles. The SMILES string of the molecule is C#CCNC(=O)[C@H](COCc1ccccc1)NC(=O)[C@H](Cc1ccc(OCc2ccccc2)cc1)NC(=O)c1ccccc1N=[N+]=[N-]. The molecule has 0 saturated carbocycles. The highest BCUT2D eigenvalue weighted by Gasteiger charge is 2.28. The normalized spacial score (nSPS) is 11.6. The van der Waals surface area contributed by atoms with Crippen molar-refractivity contribution in [2.75, 3.05) is 13.2 Å². The summed E-state index contributed by atoms with van der Waals surface area (Å²) in [4.78, 5) is 42.9. The molecule has 4 aromatic carbocycles. The highest BCUT2D eigenvalue weighted by molar-refractivity contribution is 6.01. The van der Waals surface area contributed by atoms with E-state index < -0.39 is 29.8 Å². The van der Waals surface area contributed by atoms with Gasteiger partial charge in [0.15, 0.2) is 0 Å². The van der Waals surface area contributed by atoms with Crippen LogP contribution < -0.4 is 20.7 Å². The fourth-order valence-corrected chi connectivity index (χ4v) is 4.53. The zero-order valence-electron chi connectivity index (χ0n) is 25.5. The Bertz CT molecular complexity index is 1720. The molecule has 11 nitrogen and oxygen atoms in total. The monoisotopic (exact) mass is 630 g/mol. The van der Waals surface area contributed by atoms with E-state index in [1.807, 2.05) is 60.7 Å². The van der Waals surface area contributed by atoms with Crippen LogP contribution in [0, 0.1) is 12.3 Å². The lowest BCUT2D eigenvalue weighted by Gasteiger charge is -2.23. The standard InChI is InChI=1S/C36H34N6O5/c1-2-21-38-35(44)33(25-46-23-27-11-5-3-6-12-27)40-36(45)32(39-34(43)30-15-9-10-16-31(30)41-42-37)22-26-17-19-29(20-18-26)47-24-28-13-7-4-8-14-28/h1,3-20,32-33H,21-25H2,(H,38,44)(H,39,43)(H,40,45)/t32-,33-/m0/s1. The smallest absolute Gasteiger partial charge is 0.252 e. The van der Waals surface area contributed by atoms with Crippen molar-refractivity contribution in [1.29, 1.82) is 0 Å². The summed E-state index contributed by atoms with van der Waals surface area (Å²) in [6, 6.07) is 30.2. The Kier molecular flexibility index (Phi) is 13.0. The van der Waals surface area contributed by atoms with E-state index in [9.17, 15) is 14.4 Å². The van der Waals surface area contributed by atoms with Crippen LogP contribution in [0.15, 0.2) is 114 Å². The Morgan fingerprint density at radius 3 is 2.06 bits per heavy atom. The average molecular weight is 631 g/mol. The topological polar surface area (TPSA) is 155 Å². The lowest BCUT2D eigenvalue weighted by molar-refractivity contribution is -0.131. The van der Waals surface area contributed by atoms with Crippen molar-refractivity contribution in [3.8, 4) is 18.1 Å². The molecule has 4 aromatic rings. The third kappa shape index (κ3) is 10.8. The summed E-state index contributed by atoms with van der Waals surface area (Å²) < 4.78 is 11.6. The van der Waals surface area contributed by atoms with Gasteiger partial charge in [-0.25, -0.2) is 0 Å². The maximum atomic E-state index is 13.8. The largest absolute Gasteiger partial charge is 0.489 e. The molecule has 0 fully saturated rings. The molecular weight excluding hydrogens is 596 g/mol. The highest BCUT2D eigenvalue weighted by Crippen LogP contribution is 2.20. The van der Waals surface area contributed by atoms with Crippen LogP contribution in [0.1, 0.15) is 27.0 Å². The average Bonchev–Trinajstić information content (AvgIpc) is 3.10. The number of amides is 3. The number of hydrogen-bond acceptors (Lipinski definition) is 6. The minimum Gasteiger partial charge on any atom is -0.489 e. The quantitative estimate of drug-likeness (QED) is 0.0688. The van der Waals surface area contributed by atoms with Gasteiger partial charge < -0.3 is 25.4 Å². The molecule has 0 aromatic heterocycles. The highest BCUT2D eigenvalue weighted by atomic mass is 16.5. The summed E-state index contributed by atoms with van der Waals surface area (Å²) in [6.45, 7) is 0.413. The van der Waals surface area contributed by atoms with Crippen LogP contribution in [-0.4, -0.2) is 43.0 Å². The van der Waals surface area contributed by atoms with Crippen molar-refractivity contribution >= 4 is 23.4 Å². The van der Waals surface area contributed by atoms with E-state index in [2.05, 4.69) is 31.9 Å². The maximum absolute atomic E-state index is 13.8. The number of benzene rings is 4. The summed E-state index contributed by atoms with van der Waals surface area (Å²) in [6.07, 6.45) is 5.39. The van der Waals surface area contributed by atoms with Crippen molar-refractivity contribution < 1.29 is 23.9 Å². The fourth-order valence-electron chi connectivity index (χ4n) is 4.53. The molecule has 0 aliphatic heterocycles. The van der Waals surface area contributed by atoms with Gasteiger partial charge in [0.25, 0.3) is 5.91 Å². The van der Waals surface area contributed by atoms with E-state index >= 15 is 0 Å². The zero-order valence-corrected chi connectivity index (χ0v) is 25.5. The number of ether oxygens (including phenoxy) is 2. The molecule has 11 heteroatoms. The van der Waals surface area contributed by atoms with E-state index in [0.717, 1.165) is 16.7 Å². The molecule has 0 bridgehead atoms. The van der Waals surface area contributed by atoms with E-state index in [1.54, 1.807) is 36.4 Å². The number of rotatable bonds is 16. The van der Waals surface area contributed by atoms with Crippen LogP contribution in [0.4, 0.5) is 5.69 Å². The number of carbonyl (C=O) groups is 3. The van der Waals surface area contributed by atoms with Crippen molar-refractivity contribution in [3.63, 3.8) is 0 Å². The summed E-state index contributed by atoms with van der Waals surface area (Å²) in [5.74, 6) is 1.17. The maximum Gasteiger partial charge on any atom is 0.252 e. The molecule has 3 amide bonds. The van der Waals surface area contributed by atoms with E-state index in [4.69, 9.17) is 21.4 Å². The first-order chi connectivity index (χ1) is 23.0. The van der Waals surface area contributed by atoms with Crippen molar-refractivity contribution in [3.05, 3.63) is 142 Å². The van der Waals surface area contributed by atoms with Crippen molar-refractivity contribution in [2.45, 2.75) is 31.7 Å². The van der Waals surface area contributed by atoms with Gasteiger partial charge in [0.05, 0.1) is 25.4 Å². The molecule has 0 aliphatic rings. The molecule has 0 heterocycles. The molecule has 0 radical (unpaired) electrons. The minimum absolute atomic E-state index is 0.0427. The second kappa shape index (κ2) is 18.0.